The van der Waals surface area contributed by atoms with Crippen LogP contribution in [0.25, 0.3) is 0 Å². The van der Waals surface area contributed by atoms with E-state index in [0.717, 1.165) is 9.78 Å². The molecule has 1 aromatic heterocycles. The van der Waals surface area contributed by atoms with E-state index < -0.39 is 36.4 Å². The maximum Gasteiger partial charge on any atom is 0.406 e. The molecule has 122 valence electrons. The van der Waals surface area contributed by atoms with E-state index >= 15 is 0 Å². The Kier molecular flexibility index (Phi) is 4.72. The van der Waals surface area contributed by atoms with Crippen LogP contribution in [0, 0.1) is 5.41 Å². The quantitative estimate of drug-likeness (QED) is 0.902. The van der Waals surface area contributed by atoms with Crippen LogP contribution in [0.2, 0.25) is 5.02 Å². The fraction of sp³-hybridized carbons (Fsp3) is 0.538. The second kappa shape index (κ2) is 6.08. The first-order chi connectivity index (χ1) is 10.2. The number of alkyl halides is 3. The van der Waals surface area contributed by atoms with Crippen molar-refractivity contribution in [1.82, 2.24) is 4.90 Å². The summed E-state index contributed by atoms with van der Waals surface area (Å²) in [4.78, 5) is 24.9. The second-order valence-electron chi connectivity index (χ2n) is 5.18. The molecular formula is C13H13ClF3NO3S. The van der Waals surface area contributed by atoms with Gasteiger partial charge in [0.15, 0.2) is 5.41 Å². The predicted molar refractivity (Wildman–Crippen MR) is 75.0 cm³/mol. The van der Waals surface area contributed by atoms with Gasteiger partial charge in [0.1, 0.15) is 0 Å². The zero-order valence-electron chi connectivity index (χ0n) is 11.3. The van der Waals surface area contributed by atoms with Gasteiger partial charge in [-0.3, -0.25) is 9.59 Å². The average Bonchev–Trinajstić information content (AvgIpc) is 3.02. The Morgan fingerprint density at radius 2 is 2.14 bits per heavy atom. The summed E-state index contributed by atoms with van der Waals surface area (Å²) >= 11 is 7.12. The fourth-order valence-electron chi connectivity index (χ4n) is 2.42. The van der Waals surface area contributed by atoms with Crippen molar-refractivity contribution in [2.75, 3.05) is 13.1 Å². The normalized spacial score (nSPS) is 22.1. The summed E-state index contributed by atoms with van der Waals surface area (Å²) in [6.45, 7) is -1.02. The molecule has 0 saturated carbocycles. The second-order valence-corrected chi connectivity index (χ2v) is 6.61. The van der Waals surface area contributed by atoms with Gasteiger partial charge in [0.2, 0.25) is 5.91 Å². The van der Waals surface area contributed by atoms with Gasteiger partial charge in [-0.15, -0.1) is 11.3 Å². The molecule has 1 saturated heterocycles. The molecule has 2 rings (SSSR count). The molecular weight excluding hydrogens is 343 g/mol. The van der Waals surface area contributed by atoms with Gasteiger partial charge in [0.25, 0.3) is 0 Å². The van der Waals surface area contributed by atoms with E-state index in [2.05, 4.69) is 0 Å². The van der Waals surface area contributed by atoms with Crippen LogP contribution in [-0.2, 0) is 16.0 Å². The SMILES string of the molecule is O=C(CCc1cc(Cl)cs1)N1CCC(C(=O)O)(C(F)(F)F)C1. The van der Waals surface area contributed by atoms with Gasteiger partial charge in [-0.25, -0.2) is 0 Å². The summed E-state index contributed by atoms with van der Waals surface area (Å²) in [5.74, 6) is -2.41. The number of hydrogen-bond acceptors (Lipinski definition) is 3. The maximum absolute atomic E-state index is 13.0. The van der Waals surface area contributed by atoms with E-state index in [0.29, 0.717) is 11.4 Å². The van der Waals surface area contributed by atoms with Crippen molar-refractivity contribution < 1.29 is 27.9 Å². The molecule has 1 aliphatic heterocycles. The molecule has 1 atom stereocenters. The topological polar surface area (TPSA) is 57.6 Å². The minimum absolute atomic E-state index is 0.0321. The number of rotatable bonds is 4. The van der Waals surface area contributed by atoms with Crippen molar-refractivity contribution in [3.63, 3.8) is 0 Å². The Morgan fingerprint density at radius 3 is 2.59 bits per heavy atom. The van der Waals surface area contributed by atoms with E-state index in [1.165, 1.54) is 11.3 Å². The lowest BCUT2D eigenvalue weighted by Gasteiger charge is -2.27. The molecule has 4 nitrogen and oxygen atoms in total. The predicted octanol–water partition coefficient (Wildman–Crippen LogP) is 3.20. The summed E-state index contributed by atoms with van der Waals surface area (Å²) in [5, 5.41) is 11.2. The molecule has 0 spiro atoms. The Bertz CT molecular complexity index is 589. The van der Waals surface area contributed by atoms with Crippen LogP contribution < -0.4 is 0 Å². The molecule has 0 radical (unpaired) electrons. The lowest BCUT2D eigenvalue weighted by molar-refractivity contribution is -0.227. The van der Waals surface area contributed by atoms with Crippen molar-refractivity contribution in [2.24, 2.45) is 5.41 Å². The molecule has 1 fully saturated rings. The van der Waals surface area contributed by atoms with Gasteiger partial charge in [-0.2, -0.15) is 13.2 Å². The first-order valence-corrected chi connectivity index (χ1v) is 7.72. The van der Waals surface area contributed by atoms with E-state index in [-0.39, 0.29) is 13.0 Å². The lowest BCUT2D eigenvalue weighted by atomic mass is 9.86. The van der Waals surface area contributed by atoms with Gasteiger partial charge in [-0.05, 0) is 18.9 Å². The van der Waals surface area contributed by atoms with Crippen LogP contribution in [-0.4, -0.2) is 41.1 Å². The molecule has 22 heavy (non-hydrogen) atoms. The van der Waals surface area contributed by atoms with Gasteiger partial charge in [0.05, 0.1) is 5.02 Å². The molecule has 1 unspecified atom stereocenters. The van der Waals surface area contributed by atoms with Crippen molar-refractivity contribution >= 4 is 34.8 Å². The highest BCUT2D eigenvalue weighted by atomic mass is 35.5. The third kappa shape index (κ3) is 3.22. The average molecular weight is 356 g/mol. The summed E-state index contributed by atoms with van der Waals surface area (Å²) < 4.78 is 39.1. The van der Waals surface area contributed by atoms with Crippen molar-refractivity contribution in [3.8, 4) is 0 Å². The molecule has 0 aromatic carbocycles. The Morgan fingerprint density at radius 1 is 1.45 bits per heavy atom. The number of likely N-dealkylation sites (tertiary alicyclic amines) is 1. The number of nitrogens with zero attached hydrogens (tertiary/aromatic N) is 1. The van der Waals surface area contributed by atoms with Crippen LogP contribution >= 0.6 is 22.9 Å². The molecule has 1 aromatic rings. The highest BCUT2D eigenvalue weighted by molar-refractivity contribution is 7.10. The van der Waals surface area contributed by atoms with Gasteiger partial charge in [-0.1, -0.05) is 11.6 Å². The third-order valence-electron chi connectivity index (χ3n) is 3.78. The number of carbonyl (C=O) groups excluding carboxylic acids is 1. The van der Waals surface area contributed by atoms with Crippen LogP contribution in [0.4, 0.5) is 13.2 Å². The van der Waals surface area contributed by atoms with E-state index in [9.17, 15) is 22.8 Å². The Hall–Kier alpha value is -1.28. The molecule has 1 aliphatic rings. The largest absolute Gasteiger partial charge is 0.481 e. The van der Waals surface area contributed by atoms with Crippen molar-refractivity contribution in [3.05, 3.63) is 21.3 Å². The Labute approximate surface area is 133 Å². The zero-order chi connectivity index (χ0) is 16.5. The van der Waals surface area contributed by atoms with Gasteiger partial charge < -0.3 is 10.0 Å². The maximum atomic E-state index is 13.0. The van der Waals surface area contributed by atoms with Gasteiger partial charge in [0, 0.05) is 29.8 Å². The van der Waals surface area contributed by atoms with Gasteiger partial charge >= 0.3 is 12.1 Å². The summed E-state index contributed by atoms with van der Waals surface area (Å²) in [6.07, 6.45) is -5.08. The number of aliphatic carboxylic acids is 1. The molecule has 0 bridgehead atoms. The number of carboxylic acids is 1. The number of carbonyl (C=O) groups is 2. The first-order valence-electron chi connectivity index (χ1n) is 6.46. The number of carboxylic acid groups (broad SMARTS) is 1. The van der Waals surface area contributed by atoms with E-state index in [4.69, 9.17) is 16.7 Å². The minimum atomic E-state index is -4.88. The fourth-order valence-corrected chi connectivity index (χ4v) is 3.50. The van der Waals surface area contributed by atoms with Crippen LogP contribution in [0.15, 0.2) is 11.4 Å². The molecule has 1 amide bonds. The molecule has 1 N–H and O–H groups in total. The molecule has 2 heterocycles. The third-order valence-corrected chi connectivity index (χ3v) is 5.13. The monoisotopic (exact) mass is 355 g/mol. The van der Waals surface area contributed by atoms with Crippen molar-refractivity contribution in [2.45, 2.75) is 25.4 Å². The van der Waals surface area contributed by atoms with Crippen LogP contribution in [0.3, 0.4) is 0 Å². The summed E-state index contributed by atoms with van der Waals surface area (Å²) in [6, 6.07) is 1.70. The zero-order valence-corrected chi connectivity index (χ0v) is 12.9. The standard InChI is InChI=1S/C13H13ClF3NO3S/c14-8-5-9(22-6-8)1-2-10(19)18-4-3-12(7-18,11(20)21)13(15,16)17/h5-6H,1-4,7H2,(H,20,21). The van der Waals surface area contributed by atoms with Crippen molar-refractivity contribution in [1.29, 1.82) is 0 Å². The van der Waals surface area contributed by atoms with Crippen LogP contribution in [0.1, 0.15) is 17.7 Å². The minimum Gasteiger partial charge on any atom is -0.481 e. The highest BCUT2D eigenvalue weighted by Crippen LogP contribution is 2.45. The number of thiophene rings is 1. The number of halogens is 4. The number of amides is 1. The lowest BCUT2D eigenvalue weighted by Crippen LogP contribution is -2.47. The number of aryl methyl sites for hydroxylation is 1. The number of hydrogen-bond donors (Lipinski definition) is 1. The smallest absolute Gasteiger partial charge is 0.406 e. The van der Waals surface area contributed by atoms with E-state index in [1.54, 1.807) is 11.4 Å². The molecule has 9 heteroatoms. The van der Waals surface area contributed by atoms with Crippen LogP contribution in [0.5, 0.6) is 0 Å². The Balaban J connectivity index is 1.99. The highest BCUT2D eigenvalue weighted by Gasteiger charge is 2.64. The molecule has 0 aliphatic carbocycles. The first kappa shape index (κ1) is 17.1. The van der Waals surface area contributed by atoms with E-state index in [1.807, 2.05) is 0 Å². The summed E-state index contributed by atoms with van der Waals surface area (Å²) in [7, 11) is 0. The summed E-state index contributed by atoms with van der Waals surface area (Å²) in [5.41, 5.74) is -2.85.